The fourth-order valence-electron chi connectivity index (χ4n) is 6.25. The maximum Gasteiger partial charge on any atom is 0.0725 e. The number of hydrogen-bond donors (Lipinski definition) is 0. The molecule has 46 heavy (non-hydrogen) atoms. The molecule has 0 spiro atoms. The van der Waals surface area contributed by atoms with E-state index in [1.165, 1.54) is 5.56 Å². The molecule has 0 bridgehead atoms. The van der Waals surface area contributed by atoms with Crippen LogP contribution in [0, 0.1) is 13.8 Å². The Hall–Kier alpha value is -6.00. The molecule has 0 amide bonds. The minimum atomic E-state index is 0.895. The summed E-state index contributed by atoms with van der Waals surface area (Å²) < 4.78 is 0. The number of nitrogens with zero attached hydrogens (tertiary/aromatic N) is 4. The highest BCUT2D eigenvalue weighted by atomic mass is 14.7. The highest BCUT2D eigenvalue weighted by Crippen LogP contribution is 2.44. The van der Waals surface area contributed by atoms with Gasteiger partial charge in [0, 0.05) is 46.0 Å². The standard InChI is InChI=1S/C42H30N4/c1-27-18-20-31(25-43-27)37-14-8-16-39(45-37)41-33-12-6-7-13-34(33)42(36-24-30(22-23-35(36)41)29-10-4-3-5-11-29)40-17-9-15-38(46-40)32-21-19-28(2)44-26-32/h3-26H,1-2H3. The Morgan fingerprint density at radius 3 is 1.37 bits per heavy atom. The van der Waals surface area contributed by atoms with E-state index in [-0.39, 0.29) is 0 Å². The van der Waals surface area contributed by atoms with Crippen molar-refractivity contribution in [3.63, 3.8) is 0 Å². The first-order valence-corrected chi connectivity index (χ1v) is 15.5. The normalized spacial score (nSPS) is 11.3. The number of benzene rings is 4. The molecule has 0 saturated heterocycles. The molecule has 218 valence electrons. The second kappa shape index (κ2) is 11.5. The fraction of sp³-hybridized carbons (Fsp3) is 0.0476. The highest BCUT2D eigenvalue weighted by Gasteiger charge is 2.19. The summed E-state index contributed by atoms with van der Waals surface area (Å²) in [6, 6.07) is 46.7. The molecule has 4 nitrogen and oxygen atoms in total. The van der Waals surface area contributed by atoms with Gasteiger partial charge in [0.15, 0.2) is 0 Å². The zero-order valence-corrected chi connectivity index (χ0v) is 25.6. The highest BCUT2D eigenvalue weighted by molar-refractivity contribution is 6.21. The molecule has 4 aromatic heterocycles. The summed E-state index contributed by atoms with van der Waals surface area (Å²) in [5, 5.41) is 4.52. The molecule has 4 heteroatoms. The summed E-state index contributed by atoms with van der Waals surface area (Å²) in [5.74, 6) is 0. The number of hydrogen-bond acceptors (Lipinski definition) is 4. The lowest BCUT2D eigenvalue weighted by Gasteiger charge is -2.18. The van der Waals surface area contributed by atoms with Crippen LogP contribution < -0.4 is 0 Å². The minimum Gasteiger partial charge on any atom is -0.261 e. The third-order valence-electron chi connectivity index (χ3n) is 8.56. The molecule has 0 saturated carbocycles. The maximum absolute atomic E-state index is 5.25. The predicted octanol–water partition coefficient (Wildman–Crippen LogP) is 10.5. The summed E-state index contributed by atoms with van der Waals surface area (Å²) in [7, 11) is 0. The molecule has 8 aromatic rings. The molecular formula is C42H30N4. The van der Waals surface area contributed by atoms with E-state index >= 15 is 0 Å². The van der Waals surface area contributed by atoms with Gasteiger partial charge in [-0.15, -0.1) is 0 Å². The van der Waals surface area contributed by atoms with Gasteiger partial charge in [0.05, 0.1) is 22.8 Å². The summed E-state index contributed by atoms with van der Waals surface area (Å²) >= 11 is 0. The van der Waals surface area contributed by atoms with Crippen molar-refractivity contribution in [1.29, 1.82) is 0 Å². The lowest BCUT2D eigenvalue weighted by atomic mass is 9.87. The van der Waals surface area contributed by atoms with Gasteiger partial charge in [-0.1, -0.05) is 78.9 Å². The van der Waals surface area contributed by atoms with Crippen LogP contribution in [-0.4, -0.2) is 19.9 Å². The predicted molar refractivity (Wildman–Crippen MR) is 189 cm³/mol. The smallest absolute Gasteiger partial charge is 0.0725 e. The number of aryl methyl sites for hydroxylation is 2. The molecule has 0 aliphatic carbocycles. The van der Waals surface area contributed by atoms with Crippen LogP contribution >= 0.6 is 0 Å². The SMILES string of the molecule is Cc1ccc(-c2cccc(-c3c4ccccc4c(-c4cccc(-c5ccc(C)nc5)n4)c4cc(-c5ccccc5)ccc34)n2)cn1. The Morgan fingerprint density at radius 1 is 0.348 bits per heavy atom. The topological polar surface area (TPSA) is 51.6 Å². The second-order valence-corrected chi connectivity index (χ2v) is 11.6. The molecule has 4 heterocycles. The number of aromatic nitrogens is 4. The van der Waals surface area contributed by atoms with Crippen LogP contribution in [0.1, 0.15) is 11.4 Å². The van der Waals surface area contributed by atoms with E-state index in [1.54, 1.807) is 0 Å². The molecule has 0 atom stereocenters. The van der Waals surface area contributed by atoms with Gasteiger partial charge in [0.1, 0.15) is 0 Å². The zero-order valence-electron chi connectivity index (χ0n) is 25.6. The molecule has 8 rings (SSSR count). The van der Waals surface area contributed by atoms with E-state index in [0.717, 1.165) is 83.5 Å². The van der Waals surface area contributed by atoms with Crippen LogP contribution in [0.5, 0.6) is 0 Å². The number of rotatable bonds is 5. The third-order valence-corrected chi connectivity index (χ3v) is 8.56. The van der Waals surface area contributed by atoms with Crippen LogP contribution in [0.3, 0.4) is 0 Å². The fourth-order valence-corrected chi connectivity index (χ4v) is 6.25. The largest absolute Gasteiger partial charge is 0.261 e. The Labute approximate surface area is 268 Å². The van der Waals surface area contributed by atoms with Gasteiger partial charge in [-0.25, -0.2) is 9.97 Å². The second-order valence-electron chi connectivity index (χ2n) is 11.6. The van der Waals surface area contributed by atoms with Crippen LogP contribution in [0.4, 0.5) is 0 Å². The van der Waals surface area contributed by atoms with Gasteiger partial charge >= 0.3 is 0 Å². The lowest BCUT2D eigenvalue weighted by Crippen LogP contribution is -1.96. The van der Waals surface area contributed by atoms with Crippen LogP contribution in [0.25, 0.3) is 77.7 Å². The molecule has 0 aliphatic heterocycles. The van der Waals surface area contributed by atoms with Crippen molar-refractivity contribution in [3.8, 4) is 56.2 Å². The summed E-state index contributed by atoms with van der Waals surface area (Å²) in [6.07, 6.45) is 3.80. The third kappa shape index (κ3) is 5.00. The van der Waals surface area contributed by atoms with Gasteiger partial charge in [-0.3, -0.25) is 9.97 Å². The Kier molecular flexibility index (Phi) is 6.88. The van der Waals surface area contributed by atoms with E-state index in [9.17, 15) is 0 Å². The average Bonchev–Trinajstić information content (AvgIpc) is 3.11. The molecular weight excluding hydrogens is 560 g/mol. The zero-order chi connectivity index (χ0) is 31.0. The Morgan fingerprint density at radius 2 is 0.826 bits per heavy atom. The van der Waals surface area contributed by atoms with Gasteiger partial charge < -0.3 is 0 Å². The summed E-state index contributed by atoms with van der Waals surface area (Å²) in [5.41, 5.74) is 12.1. The van der Waals surface area contributed by atoms with E-state index in [0.29, 0.717) is 0 Å². The molecule has 0 aliphatic rings. The van der Waals surface area contributed by atoms with Gasteiger partial charge in [-0.2, -0.15) is 0 Å². The van der Waals surface area contributed by atoms with E-state index < -0.39 is 0 Å². The van der Waals surface area contributed by atoms with Gasteiger partial charge in [-0.05, 0) is 101 Å². The van der Waals surface area contributed by atoms with Crippen molar-refractivity contribution in [2.75, 3.05) is 0 Å². The van der Waals surface area contributed by atoms with Crippen molar-refractivity contribution >= 4 is 21.5 Å². The van der Waals surface area contributed by atoms with Crippen molar-refractivity contribution in [1.82, 2.24) is 19.9 Å². The minimum absolute atomic E-state index is 0.895. The van der Waals surface area contributed by atoms with Gasteiger partial charge in [0.25, 0.3) is 0 Å². The van der Waals surface area contributed by atoms with Crippen molar-refractivity contribution in [3.05, 3.63) is 157 Å². The monoisotopic (exact) mass is 590 g/mol. The van der Waals surface area contributed by atoms with Crippen molar-refractivity contribution in [2.24, 2.45) is 0 Å². The summed E-state index contributed by atoms with van der Waals surface area (Å²) in [6.45, 7) is 4.00. The maximum atomic E-state index is 5.25. The quantitative estimate of drug-likeness (QED) is 0.187. The van der Waals surface area contributed by atoms with Crippen LogP contribution in [-0.2, 0) is 0 Å². The number of pyridine rings is 4. The summed E-state index contributed by atoms with van der Waals surface area (Å²) in [4.78, 5) is 19.5. The van der Waals surface area contributed by atoms with Crippen LogP contribution in [0.2, 0.25) is 0 Å². The molecule has 0 radical (unpaired) electrons. The van der Waals surface area contributed by atoms with Crippen LogP contribution in [0.15, 0.2) is 146 Å². The van der Waals surface area contributed by atoms with Crippen molar-refractivity contribution in [2.45, 2.75) is 13.8 Å². The number of fused-ring (bicyclic) bond motifs is 2. The molecule has 0 N–H and O–H groups in total. The van der Waals surface area contributed by atoms with Gasteiger partial charge in [0.2, 0.25) is 0 Å². The van der Waals surface area contributed by atoms with E-state index in [4.69, 9.17) is 9.97 Å². The van der Waals surface area contributed by atoms with Crippen molar-refractivity contribution < 1.29 is 0 Å². The van der Waals surface area contributed by atoms with E-state index in [2.05, 4.69) is 131 Å². The molecule has 4 aromatic carbocycles. The lowest BCUT2D eigenvalue weighted by molar-refractivity contribution is 1.19. The molecule has 0 unspecified atom stereocenters. The average molecular weight is 591 g/mol. The first-order chi connectivity index (χ1) is 22.6. The first kappa shape index (κ1) is 27.5. The Balaban J connectivity index is 1.43. The first-order valence-electron chi connectivity index (χ1n) is 15.5. The Bertz CT molecular complexity index is 2360. The van der Waals surface area contributed by atoms with E-state index in [1.807, 2.05) is 38.4 Å². The molecule has 0 fully saturated rings.